The first kappa shape index (κ1) is 68.1. The summed E-state index contributed by atoms with van der Waals surface area (Å²) in [6.07, 6.45) is 3.19. The Morgan fingerprint density at radius 2 is 1.29 bits per heavy atom. The molecule has 6 rings (SSSR count). The van der Waals surface area contributed by atoms with Crippen LogP contribution in [0.15, 0.2) is 134 Å². The monoisotopic (exact) mass is 1180 g/mol. The molecule has 4 heterocycles. The van der Waals surface area contributed by atoms with Crippen LogP contribution in [0.5, 0.6) is 0 Å². The van der Waals surface area contributed by atoms with Crippen LogP contribution in [0.4, 0.5) is 5.69 Å². The lowest BCUT2D eigenvalue weighted by atomic mass is 9.82. The Bertz CT molecular complexity index is 2770. The smallest absolute Gasteiger partial charge is 0.308 e. The topological polar surface area (TPSA) is 332 Å². The second-order valence-electron chi connectivity index (χ2n) is 22.7. The average Bonchev–Trinajstić information content (AvgIpc) is 3.50. The fourth-order valence-corrected chi connectivity index (χ4v) is 10.7. The lowest BCUT2D eigenvalue weighted by molar-refractivity contribution is -0.307. The molecular weight excluding hydrogens is 1090 g/mol. The maximum absolute atomic E-state index is 14.5. The van der Waals surface area contributed by atoms with Crippen LogP contribution in [0, 0.1) is 29.6 Å². The van der Waals surface area contributed by atoms with Crippen LogP contribution >= 0.6 is 0 Å². The van der Waals surface area contributed by atoms with Crippen LogP contribution in [-0.4, -0.2) is 173 Å². The van der Waals surface area contributed by atoms with Gasteiger partial charge in [0, 0.05) is 61.6 Å². The molecule has 2 bridgehead atoms. The van der Waals surface area contributed by atoms with Crippen molar-refractivity contribution in [1.29, 1.82) is 0 Å². The SMILES string of the molecule is CC1/C=C/C=C/C=C/C=C/C=C/C=C/C=C/C(OC2OC(C)C(O)C(N)C2O)CC2OC(O)(CC(O)CC(O)C(O)CCC(O)CC(O)CC(=O)OC(C)C(C)C1O)CC(O)C2C(=O)NCCC(=O)N1Cc2ccccc2C#Cc2ccccc21. The third kappa shape index (κ3) is 20.6. The Labute approximate surface area is 498 Å². The summed E-state index contributed by atoms with van der Waals surface area (Å²) < 4.78 is 24.0. The predicted molar refractivity (Wildman–Crippen MR) is 317 cm³/mol. The minimum absolute atomic E-state index is 0.124. The van der Waals surface area contributed by atoms with Crippen LogP contribution in [0.1, 0.15) is 102 Å². The van der Waals surface area contributed by atoms with Gasteiger partial charge in [0.25, 0.3) is 0 Å². The fraction of sp³-hybridized carbons (Fsp3) is 0.523. The van der Waals surface area contributed by atoms with E-state index in [-0.39, 0.29) is 57.0 Å². The number of benzene rings is 2. The molecule has 85 heavy (non-hydrogen) atoms. The summed E-state index contributed by atoms with van der Waals surface area (Å²) in [5, 5.41) is 114. The van der Waals surface area contributed by atoms with Crippen molar-refractivity contribution in [2.45, 2.75) is 189 Å². The molecule has 4 aliphatic rings. The van der Waals surface area contributed by atoms with E-state index in [2.05, 4.69) is 17.2 Å². The van der Waals surface area contributed by atoms with Crippen molar-refractivity contribution in [3.8, 4) is 11.8 Å². The Kier molecular flexibility index (Phi) is 26.6. The molecule has 19 unspecified atom stereocenters. The maximum Gasteiger partial charge on any atom is 0.308 e. The van der Waals surface area contributed by atoms with Crippen molar-refractivity contribution in [3.05, 3.63) is 150 Å². The van der Waals surface area contributed by atoms with Gasteiger partial charge in [0.1, 0.15) is 12.2 Å². The number of aliphatic hydroxyl groups is 10. The Morgan fingerprint density at radius 1 is 0.682 bits per heavy atom. The van der Waals surface area contributed by atoms with Crippen LogP contribution in [0.3, 0.4) is 0 Å². The van der Waals surface area contributed by atoms with Crippen molar-refractivity contribution < 1.29 is 84.4 Å². The number of nitrogens with zero attached hydrogens (tertiary/aromatic N) is 1. The first-order valence-corrected chi connectivity index (χ1v) is 29.3. The number of para-hydroxylation sites is 1. The lowest BCUT2D eigenvalue weighted by Gasteiger charge is -2.46. The van der Waals surface area contributed by atoms with Gasteiger partial charge in [-0.15, -0.1) is 0 Å². The highest BCUT2D eigenvalue weighted by Crippen LogP contribution is 2.38. The summed E-state index contributed by atoms with van der Waals surface area (Å²) in [7, 11) is 0. The van der Waals surface area contributed by atoms with Gasteiger partial charge in [-0.2, -0.15) is 0 Å². The van der Waals surface area contributed by atoms with E-state index >= 15 is 0 Å². The first-order valence-electron chi connectivity index (χ1n) is 29.3. The predicted octanol–water partition coefficient (Wildman–Crippen LogP) is 3.08. The van der Waals surface area contributed by atoms with E-state index in [4.69, 9.17) is 24.7 Å². The third-order valence-corrected chi connectivity index (χ3v) is 15.9. The van der Waals surface area contributed by atoms with E-state index in [9.17, 15) is 65.4 Å². The normalized spacial score (nSPS) is 37.9. The zero-order valence-corrected chi connectivity index (χ0v) is 48.7. The van der Waals surface area contributed by atoms with Crippen molar-refractivity contribution in [2.24, 2.45) is 23.5 Å². The summed E-state index contributed by atoms with van der Waals surface area (Å²) in [6.45, 7) is 6.80. The number of aliphatic hydroxyl groups excluding tert-OH is 9. The maximum atomic E-state index is 14.5. The number of cyclic esters (lactones) is 1. The molecule has 19 atom stereocenters. The zero-order chi connectivity index (χ0) is 61.8. The van der Waals surface area contributed by atoms with Gasteiger partial charge in [0.15, 0.2) is 12.1 Å². The molecule has 0 radical (unpaired) electrons. The molecule has 0 aromatic heterocycles. The number of ether oxygens (including phenoxy) is 4. The van der Waals surface area contributed by atoms with E-state index in [1.54, 1.807) is 92.5 Å². The summed E-state index contributed by atoms with van der Waals surface area (Å²) in [6, 6.07) is 13.5. The van der Waals surface area contributed by atoms with E-state index < -0.39 is 147 Å². The number of carbonyl (C=O) groups excluding carboxylic acids is 3. The number of anilines is 1. The highest BCUT2D eigenvalue weighted by atomic mass is 16.7. The number of rotatable bonds is 6. The number of nitrogens with two attached hydrogens (primary N) is 1. The highest BCUT2D eigenvalue weighted by Gasteiger charge is 2.51. The number of fused-ring (bicyclic) bond motifs is 4. The fourth-order valence-electron chi connectivity index (χ4n) is 10.7. The number of esters is 1. The largest absolute Gasteiger partial charge is 0.462 e. The number of allylic oxidation sites excluding steroid dienone is 12. The van der Waals surface area contributed by atoms with Gasteiger partial charge >= 0.3 is 5.97 Å². The Morgan fingerprint density at radius 3 is 1.98 bits per heavy atom. The van der Waals surface area contributed by atoms with E-state index in [0.29, 0.717) is 11.3 Å². The Balaban J connectivity index is 1.24. The van der Waals surface area contributed by atoms with E-state index in [1.807, 2.05) is 73.7 Å². The quantitative estimate of drug-likeness (QED) is 0.146. The second kappa shape index (κ2) is 33.2. The summed E-state index contributed by atoms with van der Waals surface area (Å²) in [5.41, 5.74) is 9.01. The van der Waals surface area contributed by atoms with Gasteiger partial charge in [0.05, 0.1) is 97.8 Å². The van der Waals surface area contributed by atoms with E-state index in [1.165, 1.54) is 0 Å². The molecule has 464 valence electrons. The molecule has 0 spiro atoms. The van der Waals surface area contributed by atoms with Crippen LogP contribution in [-0.2, 0) is 39.9 Å². The minimum Gasteiger partial charge on any atom is -0.462 e. The summed E-state index contributed by atoms with van der Waals surface area (Å²) in [5.74, 6) is -0.0375. The third-order valence-electron chi connectivity index (χ3n) is 15.9. The van der Waals surface area contributed by atoms with Gasteiger partial charge in [-0.1, -0.05) is 141 Å². The standard InChI is InChI=1S/C65H87N3O17/c1-40-21-15-13-11-9-7-5-6-8-10-12-14-16-25-50(84-64-62(79)59(66)61(78)43(4)83-64)36-55-58(63(80)67-32-31-56(75)68-39-46-24-18-17-22-44(46)27-28-45-23-19-20-26-51(45)68)54(74)38-65(81,85-55)37-49(71)34-53(73)52(72)30-29-47(69)33-48(70)35-57(76)82-42(3)41(2)60(40)77/h5-26,40-43,47-50,52-55,58-62,64,69-74,77-79,81H,29-39,66H2,1-4H3,(H,67,80)/b6-5+,9-7+,10-8+,13-11+,14-12+,21-15+,25-16+. The van der Waals surface area contributed by atoms with Crippen LogP contribution in [0.2, 0.25) is 0 Å². The molecule has 2 aromatic carbocycles. The molecule has 20 nitrogen and oxygen atoms in total. The van der Waals surface area contributed by atoms with Crippen molar-refractivity contribution >= 4 is 23.5 Å². The van der Waals surface area contributed by atoms with Gasteiger partial charge in [0.2, 0.25) is 11.8 Å². The second-order valence-corrected chi connectivity index (χ2v) is 22.7. The molecule has 20 heteroatoms. The van der Waals surface area contributed by atoms with Crippen molar-refractivity contribution in [2.75, 3.05) is 11.4 Å². The Hall–Kier alpha value is -5.97. The lowest BCUT2D eigenvalue weighted by Crippen LogP contribution is -2.62. The average molecular weight is 1180 g/mol. The van der Waals surface area contributed by atoms with Crippen molar-refractivity contribution in [1.82, 2.24) is 5.32 Å². The summed E-state index contributed by atoms with van der Waals surface area (Å²) >= 11 is 0. The number of carbonyl (C=O) groups is 3. The minimum atomic E-state index is -2.37. The molecule has 2 saturated heterocycles. The number of amides is 2. The van der Waals surface area contributed by atoms with Gasteiger partial charge in [-0.25, -0.2) is 0 Å². The molecule has 0 aliphatic carbocycles. The molecule has 0 saturated carbocycles. The number of hydrogen-bond donors (Lipinski definition) is 12. The molecule has 4 aliphatic heterocycles. The molecular formula is C65H87N3O17. The highest BCUT2D eigenvalue weighted by molar-refractivity contribution is 5.95. The molecule has 13 N–H and O–H groups in total. The van der Waals surface area contributed by atoms with E-state index in [0.717, 1.165) is 11.1 Å². The molecule has 2 amide bonds. The number of nitrogens with one attached hydrogen (secondary N) is 1. The van der Waals surface area contributed by atoms with Gasteiger partial charge in [-0.05, 0) is 56.9 Å². The molecule has 2 aromatic rings. The van der Waals surface area contributed by atoms with Gasteiger partial charge in [-0.3, -0.25) is 14.4 Å². The summed E-state index contributed by atoms with van der Waals surface area (Å²) in [4.78, 5) is 43.0. The van der Waals surface area contributed by atoms with Crippen molar-refractivity contribution in [3.63, 3.8) is 0 Å². The molecule has 2 fully saturated rings. The first-order chi connectivity index (χ1) is 40.5. The zero-order valence-electron chi connectivity index (χ0n) is 48.7. The number of hydrogen-bond acceptors (Lipinski definition) is 18. The van der Waals surface area contributed by atoms with Crippen LogP contribution < -0.4 is 16.0 Å². The van der Waals surface area contributed by atoms with Gasteiger partial charge < -0.3 is 86.0 Å². The van der Waals surface area contributed by atoms with Crippen LogP contribution in [0.25, 0.3) is 0 Å².